The van der Waals surface area contributed by atoms with Crippen LogP contribution in [0.25, 0.3) is 0 Å². The molecule has 0 spiro atoms. The van der Waals surface area contributed by atoms with E-state index in [0.717, 1.165) is 22.7 Å². The molecule has 0 aliphatic heterocycles. The van der Waals surface area contributed by atoms with Crippen LogP contribution >= 0.6 is 23.2 Å². The Morgan fingerprint density at radius 2 is 1.69 bits per heavy atom. The van der Waals surface area contributed by atoms with Crippen molar-refractivity contribution in [3.63, 3.8) is 0 Å². The Bertz CT molecular complexity index is 927. The van der Waals surface area contributed by atoms with Gasteiger partial charge in [0.1, 0.15) is 0 Å². The lowest BCUT2D eigenvalue weighted by Gasteiger charge is -2.24. The number of hydrogen-bond acceptors (Lipinski definition) is 3. The standard InChI is InChI=1S/C21H26Cl2N2O3S/c1-4-6-16(3)24-21(26)14-25(13-18-19(22)7-5-8-20(18)23)29(27,28)17-11-9-15(2)10-12-17/h5,7-12,16H,4,6,13-14H2,1-3H3,(H,24,26)/t16-/m0/s1. The van der Waals surface area contributed by atoms with E-state index >= 15 is 0 Å². The maximum atomic E-state index is 13.3. The molecule has 0 heterocycles. The topological polar surface area (TPSA) is 66.5 Å². The summed E-state index contributed by atoms with van der Waals surface area (Å²) in [7, 11) is -3.94. The van der Waals surface area contributed by atoms with Crippen molar-refractivity contribution in [2.45, 2.75) is 51.1 Å². The molecule has 29 heavy (non-hydrogen) atoms. The van der Waals surface area contributed by atoms with Crippen molar-refractivity contribution in [1.29, 1.82) is 0 Å². The van der Waals surface area contributed by atoms with Gasteiger partial charge in [-0.2, -0.15) is 4.31 Å². The van der Waals surface area contributed by atoms with Crippen LogP contribution in [0.3, 0.4) is 0 Å². The molecule has 0 saturated carbocycles. The number of nitrogens with zero attached hydrogens (tertiary/aromatic N) is 1. The van der Waals surface area contributed by atoms with Gasteiger partial charge in [-0.15, -0.1) is 0 Å². The summed E-state index contributed by atoms with van der Waals surface area (Å²) in [6.07, 6.45) is 1.73. The van der Waals surface area contributed by atoms with Crippen molar-refractivity contribution < 1.29 is 13.2 Å². The Labute approximate surface area is 183 Å². The Hall–Kier alpha value is -1.60. The quantitative estimate of drug-likeness (QED) is 0.589. The molecule has 0 aromatic heterocycles. The highest BCUT2D eigenvalue weighted by Gasteiger charge is 2.28. The van der Waals surface area contributed by atoms with Crippen molar-refractivity contribution >= 4 is 39.1 Å². The summed E-state index contributed by atoms with van der Waals surface area (Å²) < 4.78 is 27.7. The fourth-order valence-electron chi connectivity index (χ4n) is 2.93. The number of carbonyl (C=O) groups is 1. The van der Waals surface area contributed by atoms with Crippen molar-refractivity contribution in [3.8, 4) is 0 Å². The van der Waals surface area contributed by atoms with E-state index in [-0.39, 0.29) is 29.9 Å². The maximum absolute atomic E-state index is 13.3. The van der Waals surface area contributed by atoms with Gasteiger partial charge in [0.25, 0.3) is 0 Å². The van der Waals surface area contributed by atoms with Crippen LogP contribution in [0.1, 0.15) is 37.8 Å². The van der Waals surface area contributed by atoms with E-state index in [0.29, 0.717) is 15.6 Å². The first kappa shape index (κ1) is 23.7. The molecule has 8 heteroatoms. The normalized spacial score (nSPS) is 12.8. The van der Waals surface area contributed by atoms with Gasteiger partial charge >= 0.3 is 0 Å². The third kappa shape index (κ3) is 6.44. The van der Waals surface area contributed by atoms with Crippen LogP contribution in [0.5, 0.6) is 0 Å². The highest BCUT2D eigenvalue weighted by Crippen LogP contribution is 2.28. The Morgan fingerprint density at radius 1 is 1.10 bits per heavy atom. The molecule has 158 valence electrons. The van der Waals surface area contributed by atoms with Crippen molar-refractivity contribution in [2.24, 2.45) is 0 Å². The fourth-order valence-corrected chi connectivity index (χ4v) is 4.81. The second-order valence-electron chi connectivity index (χ2n) is 7.04. The number of aryl methyl sites for hydroxylation is 1. The zero-order chi connectivity index (χ0) is 21.6. The molecule has 1 atom stereocenters. The number of halogens is 2. The third-order valence-corrected chi connectivity index (χ3v) is 7.02. The van der Waals surface area contributed by atoms with E-state index in [9.17, 15) is 13.2 Å². The highest BCUT2D eigenvalue weighted by atomic mass is 35.5. The first-order valence-corrected chi connectivity index (χ1v) is 11.6. The van der Waals surface area contributed by atoms with Gasteiger partial charge in [0.15, 0.2) is 0 Å². The van der Waals surface area contributed by atoms with E-state index in [1.54, 1.807) is 30.3 Å². The summed E-state index contributed by atoms with van der Waals surface area (Å²) in [5.74, 6) is -0.371. The van der Waals surface area contributed by atoms with Crippen LogP contribution in [-0.4, -0.2) is 31.2 Å². The smallest absolute Gasteiger partial charge is 0.243 e. The van der Waals surface area contributed by atoms with Crippen LogP contribution in [0, 0.1) is 6.92 Å². The monoisotopic (exact) mass is 456 g/mol. The Balaban J connectivity index is 2.36. The molecule has 0 aliphatic carbocycles. The predicted octanol–water partition coefficient (Wildman–Crippen LogP) is 4.80. The van der Waals surface area contributed by atoms with Crippen molar-refractivity contribution in [2.75, 3.05) is 6.54 Å². The SMILES string of the molecule is CCC[C@H](C)NC(=O)CN(Cc1c(Cl)cccc1Cl)S(=O)(=O)c1ccc(C)cc1. The second kappa shape index (κ2) is 10.4. The zero-order valence-electron chi connectivity index (χ0n) is 16.8. The lowest BCUT2D eigenvalue weighted by atomic mass is 10.2. The molecule has 0 unspecified atom stereocenters. The summed E-state index contributed by atoms with van der Waals surface area (Å²) in [6.45, 7) is 5.36. The number of amides is 1. The second-order valence-corrected chi connectivity index (χ2v) is 9.80. The fraction of sp³-hybridized carbons (Fsp3) is 0.381. The molecule has 2 aromatic carbocycles. The van der Waals surface area contributed by atoms with Gasteiger partial charge in [-0.25, -0.2) is 8.42 Å². The van der Waals surface area contributed by atoms with Crippen molar-refractivity contribution in [1.82, 2.24) is 9.62 Å². The van der Waals surface area contributed by atoms with Crippen LogP contribution < -0.4 is 5.32 Å². The van der Waals surface area contributed by atoms with Crippen molar-refractivity contribution in [3.05, 3.63) is 63.6 Å². The predicted molar refractivity (Wildman–Crippen MR) is 118 cm³/mol. The highest BCUT2D eigenvalue weighted by molar-refractivity contribution is 7.89. The summed E-state index contributed by atoms with van der Waals surface area (Å²) in [5.41, 5.74) is 1.40. The molecule has 0 bridgehead atoms. The van der Waals surface area contributed by atoms with Gasteiger partial charge in [-0.3, -0.25) is 4.79 Å². The average molecular weight is 457 g/mol. The molecule has 0 saturated heterocycles. The van der Waals surface area contributed by atoms with E-state index < -0.39 is 10.0 Å². The van der Waals surface area contributed by atoms with Crippen LogP contribution in [0.4, 0.5) is 0 Å². The summed E-state index contributed by atoms with van der Waals surface area (Å²) >= 11 is 12.5. The summed E-state index contributed by atoms with van der Waals surface area (Å²) in [4.78, 5) is 12.7. The Kier molecular flexibility index (Phi) is 8.52. The van der Waals surface area contributed by atoms with Gasteiger partial charge in [0.2, 0.25) is 15.9 Å². The number of carbonyl (C=O) groups excluding carboxylic acids is 1. The first-order chi connectivity index (χ1) is 13.6. The van der Waals surface area contributed by atoms with Gasteiger partial charge in [0.05, 0.1) is 11.4 Å². The van der Waals surface area contributed by atoms with Crippen LogP contribution in [-0.2, 0) is 21.4 Å². The molecule has 0 radical (unpaired) electrons. The maximum Gasteiger partial charge on any atom is 0.243 e. The average Bonchev–Trinajstić information content (AvgIpc) is 2.64. The van der Waals surface area contributed by atoms with E-state index in [1.165, 1.54) is 12.1 Å². The summed E-state index contributed by atoms with van der Waals surface area (Å²) in [6, 6.07) is 11.4. The zero-order valence-corrected chi connectivity index (χ0v) is 19.1. The van der Waals surface area contributed by atoms with Gasteiger partial charge in [0, 0.05) is 28.2 Å². The molecule has 0 fully saturated rings. The Morgan fingerprint density at radius 3 is 2.24 bits per heavy atom. The molecular weight excluding hydrogens is 431 g/mol. The number of rotatable bonds is 9. The minimum absolute atomic E-state index is 0.0414. The number of nitrogens with one attached hydrogen (secondary N) is 1. The van der Waals surface area contributed by atoms with E-state index in [2.05, 4.69) is 5.32 Å². The van der Waals surface area contributed by atoms with E-state index in [1.807, 2.05) is 20.8 Å². The third-order valence-electron chi connectivity index (χ3n) is 4.50. The lowest BCUT2D eigenvalue weighted by molar-refractivity contribution is -0.122. The van der Waals surface area contributed by atoms with Crippen LogP contribution in [0.2, 0.25) is 10.0 Å². The minimum atomic E-state index is -3.94. The molecule has 1 N–H and O–H groups in total. The number of sulfonamides is 1. The molecule has 5 nitrogen and oxygen atoms in total. The van der Waals surface area contributed by atoms with Gasteiger partial charge < -0.3 is 5.32 Å². The number of benzene rings is 2. The first-order valence-electron chi connectivity index (χ1n) is 9.44. The van der Waals surface area contributed by atoms with Gasteiger partial charge in [-0.05, 0) is 44.5 Å². The van der Waals surface area contributed by atoms with Crippen LogP contribution in [0.15, 0.2) is 47.4 Å². The lowest BCUT2D eigenvalue weighted by Crippen LogP contribution is -2.43. The van der Waals surface area contributed by atoms with Gasteiger partial charge in [-0.1, -0.05) is 60.3 Å². The molecule has 2 aromatic rings. The minimum Gasteiger partial charge on any atom is -0.353 e. The summed E-state index contributed by atoms with van der Waals surface area (Å²) in [5, 5.41) is 3.54. The molecule has 1 amide bonds. The molecule has 2 rings (SSSR count). The largest absolute Gasteiger partial charge is 0.353 e. The number of hydrogen-bond donors (Lipinski definition) is 1. The molecule has 0 aliphatic rings. The van der Waals surface area contributed by atoms with E-state index in [4.69, 9.17) is 23.2 Å². The molecular formula is C21H26Cl2N2O3S.